The molecule has 4 atom stereocenters. The smallest absolute Gasteiger partial charge is 0.250 e. The highest BCUT2D eigenvalue weighted by atomic mass is 16.6. The lowest BCUT2D eigenvalue weighted by Crippen LogP contribution is -2.48. The van der Waals surface area contributed by atoms with E-state index in [1.54, 1.807) is 0 Å². The highest BCUT2D eigenvalue weighted by Crippen LogP contribution is 2.55. The summed E-state index contributed by atoms with van der Waals surface area (Å²) in [6, 6.07) is 22.9. The average molecular weight is 399 g/mol. The third kappa shape index (κ3) is 2.57. The molecule has 0 aliphatic carbocycles. The Bertz CT molecular complexity index is 1130. The molecule has 2 aliphatic heterocycles. The maximum Gasteiger partial charge on any atom is 0.250 e. The van der Waals surface area contributed by atoms with Crippen LogP contribution in [0.2, 0.25) is 0 Å². The van der Waals surface area contributed by atoms with Crippen molar-refractivity contribution in [1.82, 2.24) is 5.32 Å². The lowest BCUT2D eigenvalue weighted by Gasteiger charge is -2.29. The number of amides is 1. The van der Waals surface area contributed by atoms with Crippen molar-refractivity contribution >= 4 is 11.6 Å². The van der Waals surface area contributed by atoms with Crippen molar-refractivity contribution in [2.24, 2.45) is 0 Å². The number of fused-ring (bicyclic) bond motifs is 2. The number of carbonyl (C=O) groups excluding carboxylic acids is 1. The van der Waals surface area contributed by atoms with Gasteiger partial charge in [0.15, 0.2) is 0 Å². The Labute approximate surface area is 174 Å². The molecule has 1 saturated heterocycles. The SMILES string of the molecule is Cc1ccc(C2C([N+](=O)[O-])C(c3ccccc3)N[C@@]23C(=O)Nc2ccccc23)cc1. The highest BCUT2D eigenvalue weighted by molar-refractivity contribution is 6.07. The molecule has 2 aliphatic rings. The summed E-state index contributed by atoms with van der Waals surface area (Å²) in [7, 11) is 0. The van der Waals surface area contributed by atoms with Crippen molar-refractivity contribution in [2.75, 3.05) is 5.32 Å². The first kappa shape index (κ1) is 18.5. The summed E-state index contributed by atoms with van der Waals surface area (Å²) in [6.07, 6.45) is 0. The van der Waals surface area contributed by atoms with Crippen LogP contribution in [-0.2, 0) is 10.3 Å². The second-order valence-electron chi connectivity index (χ2n) is 8.00. The number of aryl methyl sites for hydroxylation is 1. The van der Waals surface area contributed by atoms with Gasteiger partial charge in [0.1, 0.15) is 11.6 Å². The van der Waals surface area contributed by atoms with E-state index in [1.807, 2.05) is 85.8 Å². The number of nitrogens with one attached hydrogen (secondary N) is 2. The van der Waals surface area contributed by atoms with Gasteiger partial charge in [-0.15, -0.1) is 0 Å². The van der Waals surface area contributed by atoms with Crippen LogP contribution in [0.25, 0.3) is 0 Å². The molecule has 0 radical (unpaired) electrons. The maximum absolute atomic E-state index is 13.5. The monoisotopic (exact) mass is 399 g/mol. The van der Waals surface area contributed by atoms with Crippen LogP contribution in [0.3, 0.4) is 0 Å². The number of nitro groups is 1. The molecule has 3 unspecified atom stereocenters. The topological polar surface area (TPSA) is 84.3 Å². The van der Waals surface area contributed by atoms with Crippen LogP contribution in [0.15, 0.2) is 78.9 Å². The first-order valence-electron chi connectivity index (χ1n) is 9.96. The molecule has 1 spiro atoms. The first-order valence-corrected chi connectivity index (χ1v) is 9.96. The van der Waals surface area contributed by atoms with Crippen LogP contribution in [0, 0.1) is 17.0 Å². The van der Waals surface area contributed by atoms with Gasteiger partial charge in [0.25, 0.3) is 0 Å². The van der Waals surface area contributed by atoms with Gasteiger partial charge >= 0.3 is 0 Å². The van der Waals surface area contributed by atoms with Crippen molar-refractivity contribution in [3.05, 3.63) is 111 Å². The van der Waals surface area contributed by atoms with Crippen molar-refractivity contribution in [3.8, 4) is 0 Å². The van der Waals surface area contributed by atoms with Crippen LogP contribution in [0.5, 0.6) is 0 Å². The number of para-hydroxylation sites is 1. The molecule has 2 heterocycles. The molecule has 0 saturated carbocycles. The number of carbonyl (C=O) groups is 1. The van der Waals surface area contributed by atoms with Gasteiger partial charge in [-0.2, -0.15) is 0 Å². The number of benzene rings is 3. The minimum absolute atomic E-state index is 0.238. The van der Waals surface area contributed by atoms with Crippen molar-refractivity contribution in [1.29, 1.82) is 0 Å². The molecule has 2 N–H and O–H groups in total. The van der Waals surface area contributed by atoms with Crippen molar-refractivity contribution in [2.45, 2.75) is 30.5 Å². The molecule has 3 aromatic carbocycles. The van der Waals surface area contributed by atoms with Crippen LogP contribution in [0.4, 0.5) is 5.69 Å². The molecule has 6 nitrogen and oxygen atoms in total. The summed E-state index contributed by atoms with van der Waals surface area (Å²) in [5.74, 6) is -0.915. The van der Waals surface area contributed by atoms with E-state index in [4.69, 9.17) is 0 Å². The minimum Gasteiger partial charge on any atom is -0.324 e. The largest absolute Gasteiger partial charge is 0.324 e. The molecule has 3 aromatic rings. The number of hydrogen-bond acceptors (Lipinski definition) is 4. The fraction of sp³-hybridized carbons (Fsp3) is 0.208. The van der Waals surface area contributed by atoms with Gasteiger partial charge < -0.3 is 5.32 Å². The zero-order valence-electron chi connectivity index (χ0n) is 16.4. The second-order valence-corrected chi connectivity index (χ2v) is 8.00. The van der Waals surface area contributed by atoms with E-state index in [1.165, 1.54) is 0 Å². The van der Waals surface area contributed by atoms with Gasteiger partial charge in [-0.3, -0.25) is 20.2 Å². The fourth-order valence-corrected chi connectivity index (χ4v) is 5.01. The Morgan fingerprint density at radius 3 is 2.27 bits per heavy atom. The predicted molar refractivity (Wildman–Crippen MR) is 114 cm³/mol. The third-order valence-corrected chi connectivity index (χ3v) is 6.33. The zero-order chi connectivity index (χ0) is 20.9. The lowest BCUT2D eigenvalue weighted by molar-refractivity contribution is -0.527. The van der Waals surface area contributed by atoms with Gasteiger partial charge in [-0.05, 0) is 24.1 Å². The maximum atomic E-state index is 13.5. The van der Waals surface area contributed by atoms with Gasteiger partial charge in [-0.25, -0.2) is 0 Å². The van der Waals surface area contributed by atoms with E-state index >= 15 is 0 Å². The van der Waals surface area contributed by atoms with Crippen LogP contribution in [0.1, 0.15) is 34.2 Å². The Hall–Kier alpha value is -3.51. The molecular weight excluding hydrogens is 378 g/mol. The minimum atomic E-state index is -1.22. The van der Waals surface area contributed by atoms with E-state index in [0.29, 0.717) is 5.69 Å². The summed E-state index contributed by atoms with van der Waals surface area (Å²) >= 11 is 0. The summed E-state index contributed by atoms with van der Waals surface area (Å²) in [5.41, 5.74) is 2.87. The van der Waals surface area contributed by atoms with Gasteiger partial charge in [-0.1, -0.05) is 78.4 Å². The Balaban J connectivity index is 1.77. The van der Waals surface area contributed by atoms with Gasteiger partial charge in [0.2, 0.25) is 11.9 Å². The summed E-state index contributed by atoms with van der Waals surface area (Å²) < 4.78 is 0. The Kier molecular flexibility index (Phi) is 4.18. The predicted octanol–water partition coefficient (Wildman–Crippen LogP) is 3.92. The second kappa shape index (κ2) is 6.78. The molecule has 1 amide bonds. The normalized spacial score (nSPS) is 27.1. The van der Waals surface area contributed by atoms with Crippen molar-refractivity contribution < 1.29 is 9.72 Å². The van der Waals surface area contributed by atoms with Crippen molar-refractivity contribution in [3.63, 3.8) is 0 Å². The van der Waals surface area contributed by atoms with Crippen LogP contribution >= 0.6 is 0 Å². The molecule has 1 fully saturated rings. The highest BCUT2D eigenvalue weighted by Gasteiger charge is 2.66. The summed E-state index contributed by atoms with van der Waals surface area (Å²) in [6.45, 7) is 1.97. The first-order chi connectivity index (χ1) is 14.5. The standard InChI is InChI=1S/C24H21N3O3/c1-15-11-13-16(14-12-15)20-22(27(29)30)21(17-7-3-2-4-8-17)26-24(20)18-9-5-6-10-19(18)25-23(24)28/h2-14,20-22,26H,1H3,(H,25,28)/t20?,21?,22?,24-/m1/s1. The number of nitrogens with zero attached hydrogens (tertiary/aromatic N) is 1. The Morgan fingerprint density at radius 1 is 0.900 bits per heavy atom. The van der Waals surface area contributed by atoms with E-state index in [0.717, 1.165) is 22.3 Å². The average Bonchev–Trinajstić information content (AvgIpc) is 3.26. The van der Waals surface area contributed by atoms with E-state index in [9.17, 15) is 14.9 Å². The third-order valence-electron chi connectivity index (χ3n) is 6.33. The molecule has 150 valence electrons. The lowest BCUT2D eigenvalue weighted by atomic mass is 9.74. The fourth-order valence-electron chi connectivity index (χ4n) is 5.01. The quantitative estimate of drug-likeness (QED) is 0.517. The molecule has 30 heavy (non-hydrogen) atoms. The van der Waals surface area contributed by atoms with E-state index in [2.05, 4.69) is 10.6 Å². The van der Waals surface area contributed by atoms with Crippen LogP contribution in [-0.4, -0.2) is 16.9 Å². The molecular formula is C24H21N3O3. The molecule has 0 aromatic heterocycles. The number of rotatable bonds is 3. The number of anilines is 1. The van der Waals surface area contributed by atoms with Gasteiger partial charge in [0.05, 0.1) is 5.92 Å². The Morgan fingerprint density at radius 2 is 1.57 bits per heavy atom. The summed E-state index contributed by atoms with van der Waals surface area (Å²) in [5, 5.41) is 18.8. The van der Waals surface area contributed by atoms with E-state index in [-0.39, 0.29) is 10.8 Å². The molecule has 0 bridgehead atoms. The van der Waals surface area contributed by atoms with E-state index < -0.39 is 23.5 Å². The van der Waals surface area contributed by atoms with Gasteiger partial charge in [0, 0.05) is 16.2 Å². The van der Waals surface area contributed by atoms with Crippen LogP contribution < -0.4 is 10.6 Å². The molecule has 5 rings (SSSR count). The molecule has 6 heteroatoms. The zero-order valence-corrected chi connectivity index (χ0v) is 16.4. The summed E-state index contributed by atoms with van der Waals surface area (Å²) in [4.78, 5) is 25.6. The number of hydrogen-bond donors (Lipinski definition) is 2.